The minimum absolute atomic E-state index is 0.120. The summed E-state index contributed by atoms with van der Waals surface area (Å²) < 4.78 is 13.4. The molecule has 0 N–H and O–H groups in total. The van der Waals surface area contributed by atoms with E-state index >= 15 is 0 Å². The molecule has 0 atom stereocenters. The van der Waals surface area contributed by atoms with Crippen LogP contribution in [0.25, 0.3) is 10.9 Å². The van der Waals surface area contributed by atoms with Crippen LogP contribution in [0.4, 0.5) is 4.79 Å². The Bertz CT molecular complexity index is 748. The third-order valence-corrected chi connectivity index (χ3v) is 8.79. The lowest BCUT2D eigenvalue weighted by molar-refractivity contribution is 0.0544. The molecule has 1 heterocycles. The van der Waals surface area contributed by atoms with Gasteiger partial charge in [-0.05, 0) is 57.1 Å². The molecule has 2 aromatic rings. The Morgan fingerprint density at radius 1 is 1.04 bits per heavy atom. The topological polar surface area (TPSA) is 40.5 Å². The van der Waals surface area contributed by atoms with Crippen LogP contribution >= 0.6 is 0 Å². The van der Waals surface area contributed by atoms with Gasteiger partial charge in [0.1, 0.15) is 11.4 Å². The summed E-state index contributed by atoms with van der Waals surface area (Å²) >= 11 is 0. The summed E-state index contributed by atoms with van der Waals surface area (Å²) in [6, 6.07) is 7.80. The van der Waals surface area contributed by atoms with E-state index in [0.717, 1.165) is 16.7 Å². The minimum Gasteiger partial charge on any atom is -0.543 e. The van der Waals surface area contributed by atoms with Gasteiger partial charge in [-0.25, -0.2) is 4.79 Å². The van der Waals surface area contributed by atoms with Crippen molar-refractivity contribution in [3.8, 4) is 5.75 Å². The van der Waals surface area contributed by atoms with Crippen LogP contribution in [0.1, 0.15) is 41.5 Å². The van der Waals surface area contributed by atoms with Gasteiger partial charge in [-0.2, -0.15) is 0 Å². The smallest absolute Gasteiger partial charge is 0.418 e. The maximum absolute atomic E-state index is 12.4. The predicted octanol–water partition coefficient (Wildman–Crippen LogP) is 5.81. The van der Waals surface area contributed by atoms with Gasteiger partial charge in [0, 0.05) is 17.6 Å². The summed E-state index contributed by atoms with van der Waals surface area (Å²) in [6.45, 7) is 16.6. The highest BCUT2D eigenvalue weighted by atomic mass is 28.4. The van der Waals surface area contributed by atoms with Crippen molar-refractivity contribution >= 4 is 25.3 Å². The molecule has 0 aliphatic rings. The first-order valence-corrected chi connectivity index (χ1v) is 11.2. The fraction of sp³-hybridized carbons (Fsp3) is 0.526. The predicted molar refractivity (Wildman–Crippen MR) is 101 cm³/mol. The number of ether oxygens (including phenoxy) is 1. The van der Waals surface area contributed by atoms with Crippen molar-refractivity contribution in [3.05, 3.63) is 30.5 Å². The Morgan fingerprint density at radius 3 is 2.21 bits per heavy atom. The molecule has 0 bridgehead atoms. The third-order valence-electron chi connectivity index (χ3n) is 4.43. The van der Waals surface area contributed by atoms with E-state index in [2.05, 4.69) is 33.9 Å². The summed E-state index contributed by atoms with van der Waals surface area (Å²) in [5, 5.41) is 1.11. The Morgan fingerprint density at radius 2 is 1.67 bits per heavy atom. The molecule has 2 rings (SSSR count). The first-order valence-electron chi connectivity index (χ1n) is 8.34. The first-order chi connectivity index (χ1) is 10.8. The zero-order valence-electron chi connectivity index (χ0n) is 16.1. The van der Waals surface area contributed by atoms with Crippen LogP contribution in [-0.4, -0.2) is 24.6 Å². The van der Waals surface area contributed by atoms with Gasteiger partial charge in [-0.15, -0.1) is 0 Å². The van der Waals surface area contributed by atoms with Crippen LogP contribution in [0.2, 0.25) is 18.1 Å². The second kappa shape index (κ2) is 5.95. The number of benzene rings is 1. The van der Waals surface area contributed by atoms with Crippen molar-refractivity contribution in [2.75, 3.05) is 0 Å². The van der Waals surface area contributed by atoms with Crippen molar-refractivity contribution in [1.29, 1.82) is 0 Å². The summed E-state index contributed by atoms with van der Waals surface area (Å²) in [7, 11) is -1.92. The Balaban J connectivity index is 2.37. The molecular weight excluding hydrogens is 318 g/mol. The Hall–Kier alpha value is -1.75. The molecule has 132 valence electrons. The highest BCUT2D eigenvalue weighted by Gasteiger charge is 2.39. The van der Waals surface area contributed by atoms with Crippen LogP contribution in [0, 0.1) is 0 Å². The molecule has 0 fully saturated rings. The molecule has 0 aliphatic carbocycles. The standard InChI is InChI=1S/C19H29NO3Si/c1-18(2,3)22-17(21)20-12-11-14-9-10-15(13-16(14)20)23-24(7,8)19(4,5)6/h9-13H,1-8H3. The van der Waals surface area contributed by atoms with Crippen molar-refractivity contribution < 1.29 is 14.0 Å². The molecule has 0 saturated heterocycles. The Kier molecular flexibility index (Phi) is 4.61. The molecule has 0 radical (unpaired) electrons. The maximum atomic E-state index is 12.4. The second-order valence-corrected chi connectivity index (χ2v) is 13.5. The molecule has 1 aromatic heterocycles. The van der Waals surface area contributed by atoms with Crippen molar-refractivity contribution in [2.24, 2.45) is 0 Å². The van der Waals surface area contributed by atoms with E-state index in [1.165, 1.54) is 0 Å². The normalized spacial score (nSPS) is 13.2. The van der Waals surface area contributed by atoms with E-state index in [-0.39, 0.29) is 11.1 Å². The van der Waals surface area contributed by atoms with Crippen molar-refractivity contribution in [2.45, 2.75) is 65.3 Å². The molecule has 1 aromatic carbocycles. The monoisotopic (exact) mass is 347 g/mol. The van der Waals surface area contributed by atoms with Gasteiger partial charge in [0.2, 0.25) is 8.32 Å². The molecule has 24 heavy (non-hydrogen) atoms. The van der Waals surface area contributed by atoms with E-state index in [0.29, 0.717) is 0 Å². The van der Waals surface area contributed by atoms with Gasteiger partial charge in [0.25, 0.3) is 0 Å². The minimum atomic E-state index is -1.92. The number of carbonyl (C=O) groups is 1. The summed E-state index contributed by atoms with van der Waals surface area (Å²) in [4.78, 5) is 12.4. The Labute approximate surface area is 145 Å². The second-order valence-electron chi connectivity index (χ2n) is 8.75. The number of carbonyl (C=O) groups excluding carboxylic acids is 1. The number of nitrogens with zero attached hydrogens (tertiary/aromatic N) is 1. The number of fused-ring (bicyclic) bond motifs is 1. The van der Waals surface area contributed by atoms with Crippen LogP contribution in [0.5, 0.6) is 5.75 Å². The molecule has 5 heteroatoms. The van der Waals surface area contributed by atoms with Crippen molar-refractivity contribution in [3.63, 3.8) is 0 Å². The largest absolute Gasteiger partial charge is 0.543 e. The molecular formula is C19H29NO3Si. The van der Waals surface area contributed by atoms with Crippen LogP contribution < -0.4 is 4.43 Å². The number of aromatic nitrogens is 1. The van der Waals surface area contributed by atoms with Gasteiger partial charge in [-0.3, -0.25) is 4.57 Å². The summed E-state index contributed by atoms with van der Waals surface area (Å²) in [5.41, 5.74) is 0.281. The van der Waals surface area contributed by atoms with Gasteiger partial charge in [0.05, 0.1) is 5.52 Å². The van der Waals surface area contributed by atoms with Gasteiger partial charge < -0.3 is 9.16 Å². The zero-order valence-corrected chi connectivity index (χ0v) is 17.1. The number of hydrogen-bond donors (Lipinski definition) is 0. The lowest BCUT2D eigenvalue weighted by Crippen LogP contribution is -2.43. The molecule has 0 aliphatic heterocycles. The average molecular weight is 348 g/mol. The fourth-order valence-electron chi connectivity index (χ4n) is 2.09. The van der Waals surface area contributed by atoms with Crippen LogP contribution in [0.3, 0.4) is 0 Å². The lowest BCUT2D eigenvalue weighted by atomic mass is 10.2. The molecule has 0 spiro atoms. The van der Waals surface area contributed by atoms with Crippen LogP contribution in [-0.2, 0) is 4.74 Å². The van der Waals surface area contributed by atoms with Gasteiger partial charge in [-0.1, -0.05) is 20.8 Å². The highest BCUT2D eigenvalue weighted by Crippen LogP contribution is 2.38. The van der Waals surface area contributed by atoms with Gasteiger partial charge in [0.15, 0.2) is 0 Å². The molecule has 0 saturated carbocycles. The quantitative estimate of drug-likeness (QED) is 0.644. The maximum Gasteiger partial charge on any atom is 0.418 e. The van der Waals surface area contributed by atoms with Crippen molar-refractivity contribution in [1.82, 2.24) is 4.57 Å². The lowest BCUT2D eigenvalue weighted by Gasteiger charge is -2.36. The van der Waals surface area contributed by atoms with E-state index in [1.807, 2.05) is 45.0 Å². The van der Waals surface area contributed by atoms with E-state index in [1.54, 1.807) is 10.8 Å². The van der Waals surface area contributed by atoms with Gasteiger partial charge >= 0.3 is 6.09 Å². The van der Waals surface area contributed by atoms with E-state index in [4.69, 9.17) is 9.16 Å². The van der Waals surface area contributed by atoms with E-state index < -0.39 is 13.9 Å². The third kappa shape index (κ3) is 4.01. The molecule has 0 amide bonds. The fourth-order valence-corrected chi connectivity index (χ4v) is 3.11. The zero-order chi connectivity index (χ0) is 18.3. The number of hydrogen-bond acceptors (Lipinski definition) is 3. The van der Waals surface area contributed by atoms with Crippen LogP contribution in [0.15, 0.2) is 30.5 Å². The number of rotatable bonds is 2. The average Bonchev–Trinajstić information content (AvgIpc) is 2.77. The summed E-state index contributed by atoms with van der Waals surface area (Å²) in [5.74, 6) is 0.803. The SMILES string of the molecule is CC(C)(C)OC(=O)n1ccc2ccc(O[Si](C)(C)C(C)(C)C)cc21. The highest BCUT2D eigenvalue weighted by molar-refractivity contribution is 6.74. The van der Waals surface area contributed by atoms with E-state index in [9.17, 15) is 4.79 Å². The first kappa shape index (κ1) is 18.6. The molecule has 4 nitrogen and oxygen atoms in total. The molecule has 0 unspecified atom stereocenters. The summed E-state index contributed by atoms with van der Waals surface area (Å²) in [6.07, 6.45) is 1.37.